The first-order valence-corrected chi connectivity index (χ1v) is 9.06. The van der Waals surface area contributed by atoms with Crippen LogP contribution in [0.15, 0.2) is 67.0 Å². The Morgan fingerprint density at radius 3 is 2.59 bits per heavy atom. The van der Waals surface area contributed by atoms with Crippen molar-refractivity contribution in [3.05, 3.63) is 78.4 Å². The number of amides is 1. The number of nitrogens with zero attached hydrogens (tertiary/aromatic N) is 2. The Kier molecular flexibility index (Phi) is 4.60. The topological polar surface area (TPSA) is 73.1 Å². The summed E-state index contributed by atoms with van der Waals surface area (Å²) in [5.41, 5.74) is 3.67. The molecule has 4 rings (SSSR count). The van der Waals surface area contributed by atoms with Gasteiger partial charge in [-0.2, -0.15) is 0 Å². The molecule has 3 N–H and O–H groups in total. The second kappa shape index (κ2) is 7.20. The highest BCUT2D eigenvalue weighted by molar-refractivity contribution is 7.80. The maximum absolute atomic E-state index is 11.3. The van der Waals surface area contributed by atoms with Gasteiger partial charge in [0.1, 0.15) is 6.04 Å². The number of carbonyl (C=O) groups excluding carboxylic acids is 1. The third-order valence-corrected chi connectivity index (χ3v) is 4.82. The fraction of sp³-hybridized carbons (Fsp3) is 0.150. The largest absolute Gasteiger partial charge is 0.363 e. The standard InChI is InChI=1S/C20H19N5OS/c1-13(26)23-14-7-9-15(10-8-14)25-19(17-6-4-12-22-17)18(24-20(25)27)16-5-2-3-11-21-16/h2-12,18-19,22H,1H3,(H,23,26)(H,24,27). The van der Waals surface area contributed by atoms with Gasteiger partial charge in [0.05, 0.1) is 11.7 Å². The van der Waals surface area contributed by atoms with Crippen LogP contribution in [0.4, 0.5) is 11.4 Å². The minimum atomic E-state index is -0.0967. The number of nitrogens with one attached hydrogen (secondary N) is 3. The maximum atomic E-state index is 11.3. The molecule has 2 atom stereocenters. The molecule has 0 saturated carbocycles. The highest BCUT2D eigenvalue weighted by Gasteiger charge is 2.41. The van der Waals surface area contributed by atoms with E-state index < -0.39 is 0 Å². The van der Waals surface area contributed by atoms with Crippen LogP contribution in [-0.4, -0.2) is 21.0 Å². The van der Waals surface area contributed by atoms with Gasteiger partial charge in [-0.1, -0.05) is 6.07 Å². The molecular weight excluding hydrogens is 358 g/mol. The Hall–Kier alpha value is -3.19. The van der Waals surface area contributed by atoms with Crippen molar-refractivity contribution in [2.45, 2.75) is 19.0 Å². The predicted octanol–water partition coefficient (Wildman–Crippen LogP) is 3.55. The lowest BCUT2D eigenvalue weighted by Gasteiger charge is -2.27. The lowest BCUT2D eigenvalue weighted by atomic mass is 10.0. The molecule has 0 aliphatic carbocycles. The second-order valence-corrected chi connectivity index (χ2v) is 6.74. The van der Waals surface area contributed by atoms with Gasteiger partial charge in [-0.15, -0.1) is 0 Å². The van der Waals surface area contributed by atoms with Crippen LogP contribution >= 0.6 is 12.2 Å². The number of aromatic nitrogens is 2. The fourth-order valence-electron chi connectivity index (χ4n) is 3.39. The van der Waals surface area contributed by atoms with Gasteiger partial charge in [-0.25, -0.2) is 0 Å². The van der Waals surface area contributed by atoms with Crippen LogP contribution in [0.2, 0.25) is 0 Å². The Labute approximate surface area is 162 Å². The van der Waals surface area contributed by atoms with Crippen molar-refractivity contribution < 1.29 is 4.79 Å². The number of benzene rings is 1. The second-order valence-electron chi connectivity index (χ2n) is 6.35. The summed E-state index contributed by atoms with van der Waals surface area (Å²) in [5.74, 6) is -0.0967. The molecular formula is C20H19N5OS. The average molecular weight is 377 g/mol. The third kappa shape index (κ3) is 3.41. The molecule has 1 amide bonds. The minimum Gasteiger partial charge on any atom is -0.363 e. The van der Waals surface area contributed by atoms with Crippen LogP contribution in [0.3, 0.4) is 0 Å². The van der Waals surface area contributed by atoms with Crippen LogP contribution in [0.1, 0.15) is 30.4 Å². The molecule has 136 valence electrons. The molecule has 3 heterocycles. The molecule has 3 aromatic rings. The summed E-state index contributed by atoms with van der Waals surface area (Å²) in [6.07, 6.45) is 3.70. The fourth-order valence-corrected chi connectivity index (χ4v) is 3.73. The van der Waals surface area contributed by atoms with Crippen molar-refractivity contribution in [3.63, 3.8) is 0 Å². The summed E-state index contributed by atoms with van der Waals surface area (Å²) < 4.78 is 0. The summed E-state index contributed by atoms with van der Waals surface area (Å²) in [6, 6.07) is 17.4. The number of carbonyl (C=O) groups is 1. The van der Waals surface area contributed by atoms with Gasteiger partial charge >= 0.3 is 0 Å². The summed E-state index contributed by atoms with van der Waals surface area (Å²) in [6.45, 7) is 1.49. The van der Waals surface area contributed by atoms with E-state index >= 15 is 0 Å². The first-order valence-electron chi connectivity index (χ1n) is 8.65. The van der Waals surface area contributed by atoms with Crippen molar-refractivity contribution in [3.8, 4) is 0 Å². The van der Waals surface area contributed by atoms with E-state index in [4.69, 9.17) is 12.2 Å². The van der Waals surface area contributed by atoms with Crippen LogP contribution in [0.25, 0.3) is 0 Å². The molecule has 1 saturated heterocycles. The van der Waals surface area contributed by atoms with E-state index in [1.165, 1.54) is 6.92 Å². The monoisotopic (exact) mass is 377 g/mol. The molecule has 1 aliphatic rings. The van der Waals surface area contributed by atoms with Crippen molar-refractivity contribution in [1.29, 1.82) is 0 Å². The van der Waals surface area contributed by atoms with Crippen molar-refractivity contribution in [1.82, 2.24) is 15.3 Å². The zero-order chi connectivity index (χ0) is 18.8. The highest BCUT2D eigenvalue weighted by atomic mass is 32.1. The number of anilines is 2. The van der Waals surface area contributed by atoms with Gasteiger partial charge < -0.3 is 20.5 Å². The van der Waals surface area contributed by atoms with Crippen molar-refractivity contribution in [2.75, 3.05) is 10.2 Å². The smallest absolute Gasteiger partial charge is 0.221 e. The molecule has 7 heteroatoms. The summed E-state index contributed by atoms with van der Waals surface area (Å²) in [7, 11) is 0. The Balaban J connectivity index is 1.72. The van der Waals surface area contributed by atoms with Crippen molar-refractivity contribution in [2.24, 2.45) is 0 Å². The number of pyridine rings is 1. The summed E-state index contributed by atoms with van der Waals surface area (Å²) in [5, 5.41) is 6.83. The van der Waals surface area contributed by atoms with Gasteiger partial charge in [0.2, 0.25) is 5.91 Å². The molecule has 2 unspecified atom stereocenters. The van der Waals surface area contributed by atoms with Crippen LogP contribution in [0.5, 0.6) is 0 Å². The normalized spacial score (nSPS) is 19.0. The van der Waals surface area contributed by atoms with Gasteiger partial charge in [-0.05, 0) is 60.7 Å². The Morgan fingerprint density at radius 1 is 1.15 bits per heavy atom. The minimum absolute atomic E-state index is 0.0611. The first kappa shape index (κ1) is 17.2. The number of rotatable bonds is 4. The lowest BCUT2D eigenvalue weighted by Crippen LogP contribution is -2.29. The van der Waals surface area contributed by atoms with Gasteiger partial charge in [0.15, 0.2) is 5.11 Å². The average Bonchev–Trinajstić information content (AvgIpc) is 3.30. The van der Waals surface area contributed by atoms with Crippen LogP contribution < -0.4 is 15.5 Å². The molecule has 1 fully saturated rings. The van der Waals surface area contributed by atoms with Crippen LogP contribution in [0, 0.1) is 0 Å². The Bertz CT molecular complexity index is 940. The van der Waals surface area contributed by atoms with Gasteiger partial charge in [0.25, 0.3) is 0 Å². The molecule has 0 radical (unpaired) electrons. The van der Waals surface area contributed by atoms with E-state index in [1.807, 2.05) is 54.7 Å². The molecule has 2 aromatic heterocycles. The molecule has 0 bridgehead atoms. The summed E-state index contributed by atoms with van der Waals surface area (Å²) >= 11 is 5.66. The van der Waals surface area contributed by atoms with E-state index in [2.05, 4.69) is 31.6 Å². The maximum Gasteiger partial charge on any atom is 0.221 e. The van der Waals surface area contributed by atoms with E-state index in [0.717, 1.165) is 22.8 Å². The number of H-pyrrole nitrogens is 1. The van der Waals surface area contributed by atoms with E-state index in [-0.39, 0.29) is 18.0 Å². The zero-order valence-corrected chi connectivity index (χ0v) is 15.5. The molecule has 1 aliphatic heterocycles. The highest BCUT2D eigenvalue weighted by Crippen LogP contribution is 2.40. The lowest BCUT2D eigenvalue weighted by molar-refractivity contribution is -0.114. The van der Waals surface area contributed by atoms with E-state index in [0.29, 0.717) is 5.11 Å². The molecule has 6 nitrogen and oxygen atoms in total. The van der Waals surface area contributed by atoms with Crippen LogP contribution in [-0.2, 0) is 4.79 Å². The van der Waals surface area contributed by atoms with Crippen molar-refractivity contribution >= 4 is 34.6 Å². The summed E-state index contributed by atoms with van der Waals surface area (Å²) in [4.78, 5) is 21.2. The van der Waals surface area contributed by atoms with Gasteiger partial charge in [-0.3, -0.25) is 9.78 Å². The number of hydrogen-bond acceptors (Lipinski definition) is 3. The number of hydrogen-bond donors (Lipinski definition) is 3. The zero-order valence-electron chi connectivity index (χ0n) is 14.7. The third-order valence-electron chi connectivity index (χ3n) is 4.50. The van der Waals surface area contributed by atoms with Gasteiger partial charge in [0, 0.05) is 36.4 Å². The molecule has 27 heavy (non-hydrogen) atoms. The van der Waals surface area contributed by atoms with E-state index in [9.17, 15) is 4.79 Å². The number of aromatic amines is 1. The number of thiocarbonyl (C=S) groups is 1. The first-order chi connectivity index (χ1) is 13.1. The Morgan fingerprint density at radius 2 is 1.96 bits per heavy atom. The molecule has 1 aromatic carbocycles. The predicted molar refractivity (Wildman–Crippen MR) is 109 cm³/mol. The molecule has 0 spiro atoms. The van der Waals surface area contributed by atoms with E-state index in [1.54, 1.807) is 6.20 Å². The quantitative estimate of drug-likeness (QED) is 0.607. The SMILES string of the molecule is CC(=O)Nc1ccc(N2C(=S)NC(c3ccccn3)C2c2ccc[nH]2)cc1.